The van der Waals surface area contributed by atoms with Gasteiger partial charge in [-0.3, -0.25) is 4.79 Å². The van der Waals surface area contributed by atoms with Crippen molar-refractivity contribution in [1.29, 1.82) is 0 Å². The zero-order valence-electron chi connectivity index (χ0n) is 12.6. The van der Waals surface area contributed by atoms with E-state index in [2.05, 4.69) is 0 Å². The van der Waals surface area contributed by atoms with Crippen LogP contribution in [0.15, 0.2) is 71.1 Å². The molecule has 2 aromatic carbocycles. The van der Waals surface area contributed by atoms with Crippen LogP contribution in [-0.2, 0) is 11.3 Å². The highest BCUT2D eigenvalue weighted by atomic mass is 19.1. The van der Waals surface area contributed by atoms with Crippen molar-refractivity contribution in [2.45, 2.75) is 6.61 Å². The molecule has 0 aliphatic heterocycles. The number of furan rings is 1. The molecule has 1 aromatic heterocycles. The quantitative estimate of drug-likeness (QED) is 0.526. The first-order valence-electron chi connectivity index (χ1n) is 7.25. The van der Waals surface area contributed by atoms with Gasteiger partial charge in [-0.05, 0) is 29.8 Å². The first kappa shape index (κ1) is 15.7. The summed E-state index contributed by atoms with van der Waals surface area (Å²) in [6.45, 7) is 0.0942. The fourth-order valence-electron chi connectivity index (χ4n) is 2.14. The maximum Gasteiger partial charge on any atom is 0.374 e. The van der Waals surface area contributed by atoms with Crippen molar-refractivity contribution in [1.82, 2.24) is 0 Å². The first-order valence-corrected chi connectivity index (χ1v) is 7.25. The predicted molar refractivity (Wildman–Crippen MR) is 84.1 cm³/mol. The van der Waals surface area contributed by atoms with Crippen molar-refractivity contribution >= 4 is 11.8 Å². The highest BCUT2D eigenvalue weighted by Crippen LogP contribution is 2.17. The van der Waals surface area contributed by atoms with E-state index in [4.69, 9.17) is 9.15 Å². The molecule has 0 unspecified atom stereocenters. The molecule has 0 aliphatic carbocycles. The molecule has 0 fully saturated rings. The Bertz CT molecular complexity index is 868. The summed E-state index contributed by atoms with van der Waals surface area (Å²) in [5, 5.41) is 0. The van der Waals surface area contributed by atoms with Crippen molar-refractivity contribution in [3.8, 4) is 0 Å². The second kappa shape index (κ2) is 6.91. The van der Waals surface area contributed by atoms with Crippen molar-refractivity contribution < 1.29 is 23.1 Å². The molecule has 0 aliphatic rings. The van der Waals surface area contributed by atoms with Crippen LogP contribution in [0.25, 0.3) is 0 Å². The van der Waals surface area contributed by atoms with Crippen LogP contribution in [0.2, 0.25) is 0 Å². The largest absolute Gasteiger partial charge is 0.455 e. The second-order valence-electron chi connectivity index (χ2n) is 5.03. The lowest BCUT2D eigenvalue weighted by molar-refractivity contribution is 0.0434. The summed E-state index contributed by atoms with van der Waals surface area (Å²) in [6.07, 6.45) is 0. The molecule has 0 radical (unpaired) electrons. The molecular weight excluding hydrogens is 311 g/mol. The lowest BCUT2D eigenvalue weighted by Gasteiger charge is -2.03. The van der Waals surface area contributed by atoms with Crippen LogP contribution >= 0.6 is 0 Å². The van der Waals surface area contributed by atoms with Crippen LogP contribution in [0.3, 0.4) is 0 Å². The Kier molecular flexibility index (Phi) is 4.52. The Hall–Kier alpha value is -3.21. The number of hydrogen-bond acceptors (Lipinski definition) is 4. The van der Waals surface area contributed by atoms with Gasteiger partial charge in [0.2, 0.25) is 11.5 Å². The normalized spacial score (nSPS) is 10.4. The molecule has 120 valence electrons. The van der Waals surface area contributed by atoms with E-state index in [0.29, 0.717) is 0 Å². The van der Waals surface area contributed by atoms with Crippen molar-refractivity contribution in [3.05, 3.63) is 95.2 Å². The van der Waals surface area contributed by atoms with E-state index in [-0.39, 0.29) is 23.7 Å². The Morgan fingerprint density at radius 3 is 2.29 bits per heavy atom. The van der Waals surface area contributed by atoms with Gasteiger partial charge in [0.15, 0.2) is 5.76 Å². The summed E-state index contributed by atoms with van der Waals surface area (Å²) in [7, 11) is 0. The van der Waals surface area contributed by atoms with E-state index < -0.39 is 17.6 Å². The zero-order chi connectivity index (χ0) is 16.9. The van der Waals surface area contributed by atoms with E-state index in [1.807, 2.05) is 30.3 Å². The molecule has 1 heterocycles. The summed E-state index contributed by atoms with van der Waals surface area (Å²) < 4.78 is 24.0. The lowest BCUT2D eigenvalue weighted by atomic mass is 10.1. The smallest absolute Gasteiger partial charge is 0.374 e. The molecule has 24 heavy (non-hydrogen) atoms. The summed E-state index contributed by atoms with van der Waals surface area (Å²) in [5.74, 6) is -2.19. The fraction of sp³-hybridized carbons (Fsp3) is 0.0526. The maximum absolute atomic E-state index is 13.6. The number of ketones is 1. The van der Waals surface area contributed by atoms with E-state index in [1.165, 1.54) is 30.3 Å². The summed E-state index contributed by atoms with van der Waals surface area (Å²) in [4.78, 5) is 24.2. The average molecular weight is 324 g/mol. The molecule has 3 rings (SSSR count). The molecule has 5 heteroatoms. The molecule has 0 spiro atoms. The van der Waals surface area contributed by atoms with E-state index in [9.17, 15) is 14.0 Å². The monoisotopic (exact) mass is 324 g/mol. The number of halogens is 1. The Balaban J connectivity index is 1.70. The molecular formula is C19H13FO4. The first-order chi connectivity index (χ1) is 11.6. The van der Waals surface area contributed by atoms with Crippen molar-refractivity contribution in [2.75, 3.05) is 0 Å². The van der Waals surface area contributed by atoms with Gasteiger partial charge in [-0.15, -0.1) is 0 Å². The fourth-order valence-corrected chi connectivity index (χ4v) is 2.14. The molecule has 0 saturated carbocycles. The van der Waals surface area contributed by atoms with Crippen LogP contribution in [0.1, 0.15) is 32.2 Å². The number of ether oxygens (including phenoxy) is 1. The Morgan fingerprint density at radius 2 is 1.54 bits per heavy atom. The number of carbonyl (C=O) groups is 2. The number of hydrogen-bond donors (Lipinski definition) is 0. The third kappa shape index (κ3) is 3.41. The van der Waals surface area contributed by atoms with Gasteiger partial charge in [0.25, 0.3) is 0 Å². The molecule has 0 bridgehead atoms. The molecule has 4 nitrogen and oxygen atoms in total. The maximum atomic E-state index is 13.6. The van der Waals surface area contributed by atoms with E-state index in [1.54, 1.807) is 6.07 Å². The second-order valence-corrected chi connectivity index (χ2v) is 5.03. The van der Waals surface area contributed by atoms with Gasteiger partial charge < -0.3 is 9.15 Å². The summed E-state index contributed by atoms with van der Waals surface area (Å²) in [6, 6.07) is 17.4. The molecule has 0 N–H and O–H groups in total. The van der Waals surface area contributed by atoms with Crippen molar-refractivity contribution in [2.24, 2.45) is 0 Å². The van der Waals surface area contributed by atoms with E-state index in [0.717, 1.165) is 5.56 Å². The SMILES string of the molecule is O=C(OCc1ccccc1)c1ccc(C(=O)c2ccccc2F)o1. The van der Waals surface area contributed by atoms with Gasteiger partial charge in [-0.1, -0.05) is 42.5 Å². The van der Waals surface area contributed by atoms with Crippen LogP contribution in [0.4, 0.5) is 4.39 Å². The van der Waals surface area contributed by atoms with Gasteiger partial charge in [0.05, 0.1) is 5.56 Å². The van der Waals surface area contributed by atoms with Gasteiger partial charge in [-0.25, -0.2) is 9.18 Å². The van der Waals surface area contributed by atoms with Crippen molar-refractivity contribution in [3.63, 3.8) is 0 Å². The third-order valence-electron chi connectivity index (χ3n) is 3.36. The van der Waals surface area contributed by atoms with Crippen LogP contribution in [0, 0.1) is 5.82 Å². The minimum absolute atomic E-state index is 0.0942. The highest BCUT2D eigenvalue weighted by Gasteiger charge is 2.20. The Labute approximate surface area is 137 Å². The zero-order valence-corrected chi connectivity index (χ0v) is 12.6. The minimum atomic E-state index is -0.688. The Morgan fingerprint density at radius 1 is 0.875 bits per heavy atom. The van der Waals surface area contributed by atoms with Crippen LogP contribution < -0.4 is 0 Å². The third-order valence-corrected chi connectivity index (χ3v) is 3.36. The molecule has 0 amide bonds. The molecule has 0 saturated heterocycles. The minimum Gasteiger partial charge on any atom is -0.455 e. The predicted octanol–water partition coefficient (Wildman–Crippen LogP) is 4.01. The number of carbonyl (C=O) groups excluding carboxylic acids is 2. The summed E-state index contributed by atoms with van der Waals surface area (Å²) >= 11 is 0. The topological polar surface area (TPSA) is 56.5 Å². The lowest BCUT2D eigenvalue weighted by Crippen LogP contribution is -2.05. The van der Waals surface area contributed by atoms with Gasteiger partial charge in [0.1, 0.15) is 12.4 Å². The highest BCUT2D eigenvalue weighted by molar-refractivity contribution is 6.07. The van der Waals surface area contributed by atoms with Crippen LogP contribution in [-0.4, -0.2) is 11.8 Å². The average Bonchev–Trinajstić information content (AvgIpc) is 3.10. The standard InChI is InChI=1S/C19H13FO4/c20-15-9-5-4-8-14(15)18(21)16-10-11-17(24-16)19(22)23-12-13-6-2-1-3-7-13/h1-11H,12H2. The van der Waals surface area contributed by atoms with Gasteiger partial charge in [0, 0.05) is 0 Å². The van der Waals surface area contributed by atoms with Gasteiger partial charge in [-0.2, -0.15) is 0 Å². The number of rotatable bonds is 5. The number of benzene rings is 2. The van der Waals surface area contributed by atoms with E-state index >= 15 is 0 Å². The number of esters is 1. The summed E-state index contributed by atoms with van der Waals surface area (Å²) in [5.41, 5.74) is 0.719. The van der Waals surface area contributed by atoms with Crippen LogP contribution in [0.5, 0.6) is 0 Å². The van der Waals surface area contributed by atoms with Gasteiger partial charge >= 0.3 is 5.97 Å². The molecule has 0 atom stereocenters. The molecule has 3 aromatic rings.